The Balaban J connectivity index is 3.37. The van der Waals surface area contributed by atoms with Gasteiger partial charge in [-0.15, -0.1) is 0 Å². The Morgan fingerprint density at radius 3 is 2.50 bits per heavy atom. The van der Waals surface area contributed by atoms with Crippen molar-refractivity contribution in [1.29, 1.82) is 0 Å². The average molecular weight is 302 g/mol. The van der Waals surface area contributed by atoms with Crippen LogP contribution >= 0.6 is 34.2 Å². The summed E-state index contributed by atoms with van der Waals surface area (Å²) in [7, 11) is 0. The van der Waals surface area contributed by atoms with Crippen LogP contribution in [0.3, 0.4) is 0 Å². The number of halogens is 4. The second kappa shape index (κ2) is 3.66. The first kappa shape index (κ1) is 9.85. The standard InChI is InChI=1S/C7H2ClF2IO/c8-7(12)4-1-3(9)2-5(10)6(4)11/h1-2H. The topological polar surface area (TPSA) is 17.1 Å². The molecule has 64 valence electrons. The van der Waals surface area contributed by atoms with Gasteiger partial charge in [0.15, 0.2) is 0 Å². The third-order valence-electron chi connectivity index (χ3n) is 1.20. The van der Waals surface area contributed by atoms with E-state index in [4.69, 9.17) is 11.6 Å². The molecule has 0 aliphatic carbocycles. The number of benzene rings is 1. The first-order chi connectivity index (χ1) is 5.52. The van der Waals surface area contributed by atoms with Gasteiger partial charge in [-0.25, -0.2) is 8.78 Å². The van der Waals surface area contributed by atoms with Crippen molar-refractivity contribution in [3.8, 4) is 0 Å². The Morgan fingerprint density at radius 1 is 1.42 bits per heavy atom. The minimum absolute atomic E-state index is 0.0361. The van der Waals surface area contributed by atoms with Gasteiger partial charge in [0.2, 0.25) is 0 Å². The molecule has 0 aromatic heterocycles. The van der Waals surface area contributed by atoms with E-state index in [1.54, 1.807) is 22.6 Å². The number of carbonyl (C=O) groups is 1. The van der Waals surface area contributed by atoms with Crippen molar-refractivity contribution in [3.63, 3.8) is 0 Å². The van der Waals surface area contributed by atoms with E-state index < -0.39 is 16.9 Å². The second-order valence-electron chi connectivity index (χ2n) is 2.02. The molecule has 0 radical (unpaired) electrons. The van der Waals surface area contributed by atoms with Crippen molar-refractivity contribution >= 4 is 39.4 Å². The van der Waals surface area contributed by atoms with Gasteiger partial charge >= 0.3 is 0 Å². The van der Waals surface area contributed by atoms with Crippen LogP contribution in [0.2, 0.25) is 0 Å². The fourth-order valence-electron chi connectivity index (χ4n) is 0.699. The Labute approximate surface area is 85.9 Å². The van der Waals surface area contributed by atoms with Crippen molar-refractivity contribution in [2.75, 3.05) is 0 Å². The van der Waals surface area contributed by atoms with Gasteiger partial charge in [0.1, 0.15) is 11.6 Å². The van der Waals surface area contributed by atoms with E-state index in [0.29, 0.717) is 6.07 Å². The predicted molar refractivity (Wildman–Crippen MR) is 49.3 cm³/mol. The lowest BCUT2D eigenvalue weighted by atomic mass is 10.2. The zero-order valence-electron chi connectivity index (χ0n) is 5.57. The zero-order valence-corrected chi connectivity index (χ0v) is 8.49. The Kier molecular flexibility index (Phi) is 3.00. The monoisotopic (exact) mass is 302 g/mol. The average Bonchev–Trinajstić information content (AvgIpc) is 1.96. The first-order valence-electron chi connectivity index (χ1n) is 2.86. The quantitative estimate of drug-likeness (QED) is 0.443. The van der Waals surface area contributed by atoms with Crippen LogP contribution in [0.1, 0.15) is 10.4 Å². The van der Waals surface area contributed by atoms with Gasteiger partial charge in [-0.05, 0) is 40.3 Å². The molecule has 1 nitrogen and oxygen atoms in total. The minimum Gasteiger partial charge on any atom is -0.276 e. The van der Waals surface area contributed by atoms with Gasteiger partial charge in [-0.1, -0.05) is 0 Å². The fraction of sp³-hybridized carbons (Fsp3) is 0. The van der Waals surface area contributed by atoms with Gasteiger partial charge < -0.3 is 0 Å². The van der Waals surface area contributed by atoms with Crippen molar-refractivity contribution in [2.45, 2.75) is 0 Å². The molecule has 0 amide bonds. The van der Waals surface area contributed by atoms with Crippen LogP contribution in [0.25, 0.3) is 0 Å². The normalized spacial score (nSPS) is 10.0. The van der Waals surface area contributed by atoms with Gasteiger partial charge in [0.25, 0.3) is 5.24 Å². The van der Waals surface area contributed by atoms with E-state index in [0.717, 1.165) is 6.07 Å². The van der Waals surface area contributed by atoms with E-state index in [9.17, 15) is 13.6 Å². The van der Waals surface area contributed by atoms with Crippen LogP contribution in [0.5, 0.6) is 0 Å². The van der Waals surface area contributed by atoms with Crippen LogP contribution in [-0.4, -0.2) is 5.24 Å². The van der Waals surface area contributed by atoms with Gasteiger partial charge in [-0.2, -0.15) is 0 Å². The summed E-state index contributed by atoms with van der Waals surface area (Å²) in [5.41, 5.74) is -0.144. The highest BCUT2D eigenvalue weighted by atomic mass is 127. The molecule has 0 aliphatic rings. The van der Waals surface area contributed by atoms with E-state index in [-0.39, 0.29) is 9.13 Å². The SMILES string of the molecule is O=C(Cl)c1cc(F)cc(F)c1I. The molecule has 0 heterocycles. The third-order valence-corrected chi connectivity index (χ3v) is 2.50. The molecule has 1 aromatic rings. The molecule has 12 heavy (non-hydrogen) atoms. The van der Waals surface area contributed by atoms with Crippen LogP contribution in [0, 0.1) is 15.2 Å². The van der Waals surface area contributed by atoms with Crippen molar-refractivity contribution in [2.24, 2.45) is 0 Å². The molecule has 0 spiro atoms. The van der Waals surface area contributed by atoms with Crippen molar-refractivity contribution in [3.05, 3.63) is 32.9 Å². The lowest BCUT2D eigenvalue weighted by Crippen LogP contribution is -1.97. The molecule has 0 aliphatic heterocycles. The highest BCUT2D eigenvalue weighted by molar-refractivity contribution is 14.1. The summed E-state index contributed by atoms with van der Waals surface area (Å²) in [5, 5.41) is -0.863. The number of hydrogen-bond acceptors (Lipinski definition) is 1. The van der Waals surface area contributed by atoms with Crippen LogP contribution < -0.4 is 0 Å². The first-order valence-corrected chi connectivity index (χ1v) is 4.32. The fourth-order valence-corrected chi connectivity index (χ4v) is 1.56. The molecule has 5 heteroatoms. The predicted octanol–water partition coefficient (Wildman–Crippen LogP) is 2.95. The number of hydrogen-bond donors (Lipinski definition) is 0. The van der Waals surface area contributed by atoms with Gasteiger partial charge in [0, 0.05) is 6.07 Å². The highest BCUT2D eigenvalue weighted by Crippen LogP contribution is 2.19. The summed E-state index contributed by atoms with van der Waals surface area (Å²) < 4.78 is 25.3. The molecule has 1 rings (SSSR count). The molecule has 0 N–H and O–H groups in total. The maximum Gasteiger partial charge on any atom is 0.253 e. The lowest BCUT2D eigenvalue weighted by molar-refractivity contribution is 0.107. The minimum atomic E-state index is -0.863. The van der Waals surface area contributed by atoms with Crippen LogP contribution in [0.15, 0.2) is 12.1 Å². The molecule has 0 saturated heterocycles. The molecule has 0 bridgehead atoms. The van der Waals surface area contributed by atoms with E-state index in [1.807, 2.05) is 0 Å². The maximum atomic E-state index is 12.7. The van der Waals surface area contributed by atoms with Crippen molar-refractivity contribution < 1.29 is 13.6 Å². The Morgan fingerprint density at radius 2 is 2.00 bits per heavy atom. The van der Waals surface area contributed by atoms with Crippen LogP contribution in [0.4, 0.5) is 8.78 Å². The zero-order chi connectivity index (χ0) is 9.30. The largest absolute Gasteiger partial charge is 0.276 e. The van der Waals surface area contributed by atoms with Crippen LogP contribution in [-0.2, 0) is 0 Å². The summed E-state index contributed by atoms with van der Waals surface area (Å²) in [6.07, 6.45) is 0. The van der Waals surface area contributed by atoms with E-state index in [2.05, 4.69) is 0 Å². The summed E-state index contributed by atoms with van der Waals surface area (Å²) in [6.45, 7) is 0. The number of carbonyl (C=O) groups excluding carboxylic acids is 1. The summed E-state index contributed by atoms with van der Waals surface area (Å²) >= 11 is 6.67. The van der Waals surface area contributed by atoms with Crippen molar-refractivity contribution in [1.82, 2.24) is 0 Å². The number of rotatable bonds is 1. The maximum absolute atomic E-state index is 12.7. The van der Waals surface area contributed by atoms with E-state index >= 15 is 0 Å². The highest BCUT2D eigenvalue weighted by Gasteiger charge is 2.12. The summed E-state index contributed by atoms with van der Waals surface area (Å²) in [6, 6.07) is 1.60. The molecule has 0 unspecified atom stereocenters. The third kappa shape index (κ3) is 1.92. The molecule has 0 saturated carbocycles. The summed E-state index contributed by atoms with van der Waals surface area (Å²) in [5.74, 6) is -1.59. The Bertz CT molecular complexity index is 340. The molecular weight excluding hydrogens is 300 g/mol. The van der Waals surface area contributed by atoms with Gasteiger partial charge in [-0.3, -0.25) is 4.79 Å². The smallest absolute Gasteiger partial charge is 0.253 e. The summed E-state index contributed by atoms with van der Waals surface area (Å²) in [4.78, 5) is 10.6. The molecular formula is C7H2ClF2IO. The molecule has 1 aromatic carbocycles. The molecule has 0 fully saturated rings. The molecule has 0 atom stereocenters. The Hall–Kier alpha value is -0.230. The lowest BCUT2D eigenvalue weighted by Gasteiger charge is -1.99. The van der Waals surface area contributed by atoms with E-state index in [1.165, 1.54) is 0 Å². The second-order valence-corrected chi connectivity index (χ2v) is 3.44. The van der Waals surface area contributed by atoms with Gasteiger partial charge in [0.05, 0.1) is 9.13 Å².